The Labute approximate surface area is 107 Å². The predicted molar refractivity (Wildman–Crippen MR) is 72.9 cm³/mol. The van der Waals surface area contributed by atoms with Crippen molar-refractivity contribution in [3.63, 3.8) is 0 Å². The molecule has 1 aliphatic heterocycles. The molecule has 1 aliphatic carbocycles. The minimum atomic E-state index is 0.756. The molecule has 3 heteroatoms. The lowest BCUT2D eigenvalue weighted by Crippen LogP contribution is -2.54. The molecule has 0 amide bonds. The zero-order chi connectivity index (χ0) is 12.1. The van der Waals surface area contributed by atoms with Gasteiger partial charge in [-0.05, 0) is 38.6 Å². The second-order valence-electron chi connectivity index (χ2n) is 5.93. The fourth-order valence-electron chi connectivity index (χ4n) is 3.18. The number of rotatable bonds is 4. The van der Waals surface area contributed by atoms with E-state index in [-0.39, 0.29) is 0 Å². The van der Waals surface area contributed by atoms with Crippen LogP contribution in [0.1, 0.15) is 45.4 Å². The van der Waals surface area contributed by atoms with Gasteiger partial charge in [0.25, 0.3) is 0 Å². The van der Waals surface area contributed by atoms with Crippen molar-refractivity contribution in [1.29, 1.82) is 0 Å². The van der Waals surface area contributed by atoms with Gasteiger partial charge >= 0.3 is 0 Å². The van der Waals surface area contributed by atoms with Crippen LogP contribution < -0.4 is 5.43 Å². The van der Waals surface area contributed by atoms with Crippen LogP contribution in [0.2, 0.25) is 0 Å². The zero-order valence-corrected chi connectivity index (χ0v) is 11.6. The fourth-order valence-corrected chi connectivity index (χ4v) is 3.18. The zero-order valence-electron chi connectivity index (χ0n) is 11.6. The van der Waals surface area contributed by atoms with E-state index in [9.17, 15) is 0 Å². The first-order chi connectivity index (χ1) is 8.28. The van der Waals surface area contributed by atoms with Gasteiger partial charge < -0.3 is 4.90 Å². The van der Waals surface area contributed by atoms with Gasteiger partial charge in [-0.2, -0.15) is 0 Å². The number of piperazine rings is 1. The lowest BCUT2D eigenvalue weighted by molar-refractivity contribution is 0.0731. The fraction of sp³-hybridized carbons (Fsp3) is 1.00. The molecule has 0 aromatic heterocycles. The topological polar surface area (TPSA) is 18.5 Å². The monoisotopic (exact) mass is 239 g/mol. The molecule has 0 aromatic carbocycles. The summed E-state index contributed by atoms with van der Waals surface area (Å²) < 4.78 is 0. The molecule has 1 saturated heterocycles. The predicted octanol–water partition coefficient (Wildman–Crippen LogP) is 2.10. The highest BCUT2D eigenvalue weighted by Gasteiger charge is 2.23. The first-order valence-electron chi connectivity index (χ1n) is 7.47. The molecule has 0 unspecified atom stereocenters. The summed E-state index contributed by atoms with van der Waals surface area (Å²) in [6.07, 6.45) is 8.47. The van der Waals surface area contributed by atoms with Crippen LogP contribution in [0, 0.1) is 5.92 Å². The highest BCUT2D eigenvalue weighted by Crippen LogP contribution is 2.27. The normalized spacial score (nSPS) is 32.8. The Bertz CT molecular complexity index is 204. The molecule has 2 fully saturated rings. The molecule has 3 nitrogen and oxygen atoms in total. The van der Waals surface area contributed by atoms with Crippen LogP contribution in [0.4, 0.5) is 0 Å². The summed E-state index contributed by atoms with van der Waals surface area (Å²) in [5.41, 5.74) is 3.75. The van der Waals surface area contributed by atoms with Crippen molar-refractivity contribution in [2.75, 3.05) is 33.2 Å². The molecule has 17 heavy (non-hydrogen) atoms. The highest BCUT2D eigenvalue weighted by atomic mass is 15.5. The van der Waals surface area contributed by atoms with Crippen molar-refractivity contribution in [3.05, 3.63) is 0 Å². The van der Waals surface area contributed by atoms with E-state index in [0.717, 1.165) is 12.0 Å². The second kappa shape index (κ2) is 6.72. The summed E-state index contributed by atoms with van der Waals surface area (Å²) in [6, 6.07) is 0.756. The van der Waals surface area contributed by atoms with Crippen molar-refractivity contribution in [3.8, 4) is 0 Å². The third-order valence-electron chi connectivity index (χ3n) is 4.41. The van der Waals surface area contributed by atoms with Crippen molar-refractivity contribution >= 4 is 0 Å². The summed E-state index contributed by atoms with van der Waals surface area (Å²) in [5.74, 6) is 1.02. The van der Waals surface area contributed by atoms with E-state index in [4.69, 9.17) is 0 Å². The van der Waals surface area contributed by atoms with Crippen LogP contribution in [0.15, 0.2) is 0 Å². The van der Waals surface area contributed by atoms with Gasteiger partial charge in [0.15, 0.2) is 0 Å². The Morgan fingerprint density at radius 3 is 2.24 bits per heavy atom. The van der Waals surface area contributed by atoms with Gasteiger partial charge in [-0.15, -0.1) is 0 Å². The van der Waals surface area contributed by atoms with E-state index in [1.165, 1.54) is 64.7 Å². The molecule has 1 heterocycles. The van der Waals surface area contributed by atoms with Gasteiger partial charge in [0.05, 0.1) is 0 Å². The smallest absolute Gasteiger partial charge is 0.0259 e. The maximum Gasteiger partial charge on any atom is 0.0259 e. The van der Waals surface area contributed by atoms with Crippen molar-refractivity contribution in [2.24, 2.45) is 5.92 Å². The van der Waals surface area contributed by atoms with Crippen LogP contribution in [0.25, 0.3) is 0 Å². The van der Waals surface area contributed by atoms with Crippen LogP contribution in [0.5, 0.6) is 0 Å². The third kappa shape index (κ3) is 4.23. The summed E-state index contributed by atoms with van der Waals surface area (Å²) in [7, 11) is 2.22. The average molecular weight is 239 g/mol. The maximum absolute atomic E-state index is 3.75. The second-order valence-corrected chi connectivity index (χ2v) is 5.93. The Morgan fingerprint density at radius 2 is 1.65 bits per heavy atom. The van der Waals surface area contributed by atoms with E-state index in [2.05, 4.69) is 29.3 Å². The maximum atomic E-state index is 3.75. The van der Waals surface area contributed by atoms with Gasteiger partial charge in [0.1, 0.15) is 0 Å². The molecule has 100 valence electrons. The number of hydrogen-bond donors (Lipinski definition) is 1. The first kappa shape index (κ1) is 13.3. The summed E-state index contributed by atoms with van der Waals surface area (Å²) >= 11 is 0. The standard InChI is InChI=1S/C14H29N3/c1-3-4-13-5-7-14(8-6-13)15-17-11-9-16(2)10-12-17/h13-15H,3-12H2,1-2H3. The van der Waals surface area contributed by atoms with Crippen molar-refractivity contribution in [1.82, 2.24) is 15.3 Å². The molecule has 1 N–H and O–H groups in total. The number of hydrazine groups is 1. The molecule has 0 bridgehead atoms. The van der Waals surface area contributed by atoms with Crippen LogP contribution in [-0.4, -0.2) is 49.2 Å². The van der Waals surface area contributed by atoms with Crippen molar-refractivity contribution in [2.45, 2.75) is 51.5 Å². The summed E-state index contributed by atoms with van der Waals surface area (Å²) in [4.78, 5) is 2.41. The van der Waals surface area contributed by atoms with Gasteiger partial charge in [-0.3, -0.25) is 5.43 Å². The van der Waals surface area contributed by atoms with E-state index < -0.39 is 0 Å². The quantitative estimate of drug-likeness (QED) is 0.810. The lowest BCUT2D eigenvalue weighted by Gasteiger charge is -2.37. The number of nitrogens with zero attached hydrogens (tertiary/aromatic N) is 2. The van der Waals surface area contributed by atoms with E-state index in [1.54, 1.807) is 0 Å². The Hall–Kier alpha value is -0.120. The largest absolute Gasteiger partial charge is 0.304 e. The average Bonchev–Trinajstić information content (AvgIpc) is 2.35. The Morgan fingerprint density at radius 1 is 1.00 bits per heavy atom. The van der Waals surface area contributed by atoms with Gasteiger partial charge in [-0.1, -0.05) is 19.8 Å². The van der Waals surface area contributed by atoms with Crippen molar-refractivity contribution < 1.29 is 0 Å². The number of likely N-dealkylation sites (N-methyl/N-ethyl adjacent to an activating group) is 1. The molecule has 0 radical (unpaired) electrons. The highest BCUT2D eigenvalue weighted by molar-refractivity contribution is 4.77. The van der Waals surface area contributed by atoms with E-state index in [1.807, 2.05) is 0 Å². The van der Waals surface area contributed by atoms with Crippen LogP contribution in [-0.2, 0) is 0 Å². The molecule has 1 saturated carbocycles. The molecule has 0 spiro atoms. The van der Waals surface area contributed by atoms with Crippen LogP contribution in [0.3, 0.4) is 0 Å². The van der Waals surface area contributed by atoms with Gasteiger partial charge in [0, 0.05) is 32.2 Å². The molecule has 0 atom stereocenters. The molecular weight excluding hydrogens is 210 g/mol. The number of nitrogens with one attached hydrogen (secondary N) is 1. The molecular formula is C14H29N3. The Balaban J connectivity index is 1.64. The molecule has 2 aliphatic rings. The minimum absolute atomic E-state index is 0.756. The molecule has 2 rings (SSSR count). The summed E-state index contributed by atoms with van der Waals surface area (Å²) in [6.45, 7) is 7.10. The summed E-state index contributed by atoms with van der Waals surface area (Å²) in [5, 5.41) is 2.45. The number of hydrogen-bond acceptors (Lipinski definition) is 3. The lowest BCUT2D eigenvalue weighted by atomic mass is 9.84. The van der Waals surface area contributed by atoms with E-state index in [0.29, 0.717) is 0 Å². The Kier molecular flexibility index (Phi) is 5.26. The van der Waals surface area contributed by atoms with Gasteiger partial charge in [-0.25, -0.2) is 5.01 Å². The van der Waals surface area contributed by atoms with Crippen LogP contribution >= 0.6 is 0 Å². The van der Waals surface area contributed by atoms with Gasteiger partial charge in [0.2, 0.25) is 0 Å². The SMILES string of the molecule is CCCC1CCC(NN2CCN(C)CC2)CC1. The molecule has 0 aromatic rings. The first-order valence-corrected chi connectivity index (χ1v) is 7.47. The third-order valence-corrected chi connectivity index (χ3v) is 4.41. The van der Waals surface area contributed by atoms with E-state index >= 15 is 0 Å². The minimum Gasteiger partial charge on any atom is -0.304 e.